The number of carbonyl (C=O) groups excluding carboxylic acids is 2. The molecule has 0 aliphatic carbocycles. The smallest absolute Gasteiger partial charge is 0.279 e. The van der Waals surface area contributed by atoms with Gasteiger partial charge in [-0.3, -0.25) is 14.5 Å². The van der Waals surface area contributed by atoms with E-state index >= 15 is 0 Å². The second-order valence-corrected chi connectivity index (χ2v) is 11.0. The average molecular weight is 570 g/mol. The molecule has 0 unspecified atom stereocenters. The van der Waals surface area contributed by atoms with Crippen LogP contribution in [-0.2, 0) is 19.1 Å². The highest BCUT2D eigenvalue weighted by atomic mass is 16.5. The van der Waals surface area contributed by atoms with E-state index in [9.17, 15) is 9.59 Å². The fourth-order valence-corrected chi connectivity index (χ4v) is 5.09. The van der Waals surface area contributed by atoms with E-state index in [1.807, 2.05) is 64.1 Å². The van der Waals surface area contributed by atoms with Crippen LogP contribution in [0.1, 0.15) is 49.4 Å². The zero-order chi connectivity index (χ0) is 30.3. The predicted octanol–water partition coefficient (Wildman–Crippen LogP) is 5.10. The third-order valence-electron chi connectivity index (χ3n) is 7.85. The number of carbonyl (C=O) groups is 2. The molecule has 2 N–H and O–H groups in total. The zero-order valence-corrected chi connectivity index (χ0v) is 26.5. The molecule has 2 amide bonds. The largest absolute Gasteiger partial charge is 0.378 e. The SMILES string of the molecule is CCCN(CCOCCOCC[N+](CC)(CC)CC(=O)Nc1c(C)cccc1C)CC(=O)Nc1c(C)cccc1C. The van der Waals surface area contributed by atoms with Gasteiger partial charge in [0.1, 0.15) is 6.54 Å². The topological polar surface area (TPSA) is 79.9 Å². The molecule has 0 saturated heterocycles. The predicted molar refractivity (Wildman–Crippen MR) is 169 cm³/mol. The van der Waals surface area contributed by atoms with E-state index in [0.717, 1.165) is 66.2 Å². The molecule has 0 aliphatic rings. The molecule has 228 valence electrons. The molecule has 0 aromatic heterocycles. The van der Waals surface area contributed by atoms with Crippen molar-refractivity contribution in [3.63, 3.8) is 0 Å². The van der Waals surface area contributed by atoms with Gasteiger partial charge in [-0.15, -0.1) is 0 Å². The highest BCUT2D eigenvalue weighted by Crippen LogP contribution is 2.20. The molecule has 8 nitrogen and oxygen atoms in total. The number of hydrogen-bond acceptors (Lipinski definition) is 5. The molecule has 0 saturated carbocycles. The Labute approximate surface area is 248 Å². The lowest BCUT2D eigenvalue weighted by atomic mass is 10.1. The lowest BCUT2D eigenvalue weighted by molar-refractivity contribution is -0.917. The van der Waals surface area contributed by atoms with Gasteiger partial charge in [0.25, 0.3) is 5.91 Å². The molecular weight excluding hydrogens is 516 g/mol. The van der Waals surface area contributed by atoms with Gasteiger partial charge in [-0.05, 0) is 76.8 Å². The summed E-state index contributed by atoms with van der Waals surface area (Å²) in [6.45, 7) is 21.3. The van der Waals surface area contributed by atoms with E-state index in [2.05, 4.69) is 36.3 Å². The number of aryl methyl sites for hydroxylation is 4. The van der Waals surface area contributed by atoms with Gasteiger partial charge in [0.2, 0.25) is 5.91 Å². The van der Waals surface area contributed by atoms with E-state index in [1.165, 1.54) is 0 Å². The van der Waals surface area contributed by atoms with Gasteiger partial charge >= 0.3 is 0 Å². The summed E-state index contributed by atoms with van der Waals surface area (Å²) in [5.41, 5.74) is 6.10. The average Bonchev–Trinajstić information content (AvgIpc) is 2.93. The lowest BCUT2D eigenvalue weighted by Gasteiger charge is -2.36. The van der Waals surface area contributed by atoms with Gasteiger partial charge in [-0.2, -0.15) is 0 Å². The van der Waals surface area contributed by atoms with Gasteiger partial charge in [-0.25, -0.2) is 0 Å². The van der Waals surface area contributed by atoms with Crippen molar-refractivity contribution in [3.8, 4) is 0 Å². The van der Waals surface area contributed by atoms with Gasteiger partial charge in [-0.1, -0.05) is 43.3 Å². The minimum atomic E-state index is -0.00430. The summed E-state index contributed by atoms with van der Waals surface area (Å²) in [4.78, 5) is 27.7. The van der Waals surface area contributed by atoms with Crippen molar-refractivity contribution < 1.29 is 23.5 Å². The number of likely N-dealkylation sites (N-methyl/N-ethyl adjacent to an activating group) is 1. The van der Waals surface area contributed by atoms with Crippen molar-refractivity contribution in [2.24, 2.45) is 0 Å². The van der Waals surface area contributed by atoms with E-state index < -0.39 is 0 Å². The first-order valence-electron chi connectivity index (χ1n) is 15.1. The number of quaternary nitrogens is 1. The third kappa shape index (κ3) is 11.6. The number of nitrogens with zero attached hydrogens (tertiary/aromatic N) is 2. The Balaban J connectivity index is 1.69. The Hall–Kier alpha value is -2.78. The van der Waals surface area contributed by atoms with E-state index in [0.29, 0.717) is 50.5 Å². The lowest BCUT2D eigenvalue weighted by Crippen LogP contribution is -2.53. The van der Waals surface area contributed by atoms with E-state index in [-0.39, 0.29) is 11.8 Å². The number of ether oxygens (including phenoxy) is 2. The van der Waals surface area contributed by atoms with Crippen LogP contribution in [0.3, 0.4) is 0 Å². The van der Waals surface area contributed by atoms with Crippen molar-refractivity contribution >= 4 is 23.2 Å². The summed E-state index contributed by atoms with van der Waals surface area (Å²) >= 11 is 0. The molecule has 0 heterocycles. The Morgan fingerprint density at radius 1 is 0.707 bits per heavy atom. The van der Waals surface area contributed by atoms with Crippen LogP contribution in [0.15, 0.2) is 36.4 Å². The van der Waals surface area contributed by atoms with Gasteiger partial charge in [0, 0.05) is 17.9 Å². The number of benzene rings is 2. The molecule has 0 aliphatic heterocycles. The van der Waals surface area contributed by atoms with Crippen LogP contribution in [-0.4, -0.2) is 93.4 Å². The fraction of sp³-hybridized carbons (Fsp3) is 0.576. The Morgan fingerprint density at radius 3 is 1.68 bits per heavy atom. The number of hydrogen-bond donors (Lipinski definition) is 2. The van der Waals surface area contributed by atoms with Crippen LogP contribution in [0, 0.1) is 27.7 Å². The molecule has 2 aromatic carbocycles. The molecule has 2 rings (SSSR count). The van der Waals surface area contributed by atoms with Gasteiger partial charge < -0.3 is 24.6 Å². The van der Waals surface area contributed by atoms with Crippen LogP contribution in [0.25, 0.3) is 0 Å². The van der Waals surface area contributed by atoms with E-state index in [4.69, 9.17) is 9.47 Å². The normalized spacial score (nSPS) is 11.6. The number of para-hydroxylation sites is 2. The second-order valence-electron chi connectivity index (χ2n) is 11.0. The van der Waals surface area contributed by atoms with Crippen LogP contribution >= 0.6 is 0 Å². The maximum absolute atomic E-state index is 12.9. The Kier molecular flexibility index (Phi) is 15.0. The summed E-state index contributed by atoms with van der Waals surface area (Å²) in [7, 11) is 0. The Morgan fingerprint density at radius 2 is 1.20 bits per heavy atom. The maximum Gasteiger partial charge on any atom is 0.279 e. The number of amides is 2. The molecule has 0 bridgehead atoms. The Bertz CT molecular complexity index is 1060. The minimum Gasteiger partial charge on any atom is -0.378 e. The van der Waals surface area contributed by atoms with Crippen molar-refractivity contribution in [3.05, 3.63) is 58.7 Å². The molecule has 0 atom stereocenters. The van der Waals surface area contributed by atoms with Crippen molar-refractivity contribution in [2.45, 2.75) is 54.9 Å². The summed E-state index contributed by atoms with van der Waals surface area (Å²) < 4.78 is 12.4. The first-order chi connectivity index (χ1) is 19.6. The van der Waals surface area contributed by atoms with Crippen molar-refractivity contribution in [2.75, 3.05) is 82.9 Å². The third-order valence-corrected chi connectivity index (χ3v) is 7.85. The maximum atomic E-state index is 12.9. The summed E-state index contributed by atoms with van der Waals surface area (Å²) in [6.07, 6.45) is 0.969. The summed E-state index contributed by atoms with van der Waals surface area (Å²) in [5.74, 6) is 0.0316. The number of anilines is 2. The first kappa shape index (κ1) is 34.4. The fourth-order valence-electron chi connectivity index (χ4n) is 5.09. The monoisotopic (exact) mass is 569 g/mol. The molecule has 0 fully saturated rings. The highest BCUT2D eigenvalue weighted by molar-refractivity contribution is 5.94. The number of nitrogens with one attached hydrogen (secondary N) is 2. The molecule has 0 spiro atoms. The minimum absolute atomic E-state index is 0.00430. The van der Waals surface area contributed by atoms with Gasteiger partial charge in [0.05, 0.1) is 46.1 Å². The molecule has 8 heteroatoms. The standard InChI is InChI=1S/C33H52N4O4/c1-8-17-36(24-30(38)34-32-26(4)13-11-14-27(32)5)18-20-40-22-23-41-21-19-37(9-2,10-3)25-31(39)35-33-28(6)15-12-16-29(33)7/h11-16H,8-10,17-25H2,1-7H3,(H-,34,35,38,39)/p+1. The molecule has 2 aromatic rings. The summed E-state index contributed by atoms with van der Waals surface area (Å²) in [6, 6.07) is 12.1. The van der Waals surface area contributed by atoms with Crippen LogP contribution < -0.4 is 10.6 Å². The number of rotatable bonds is 19. The zero-order valence-electron chi connectivity index (χ0n) is 26.5. The van der Waals surface area contributed by atoms with E-state index in [1.54, 1.807) is 0 Å². The molecule has 41 heavy (non-hydrogen) atoms. The van der Waals surface area contributed by atoms with Crippen molar-refractivity contribution in [1.82, 2.24) is 4.90 Å². The molecule has 0 radical (unpaired) electrons. The van der Waals surface area contributed by atoms with Crippen molar-refractivity contribution in [1.29, 1.82) is 0 Å². The van der Waals surface area contributed by atoms with Gasteiger partial charge in [0.15, 0.2) is 6.54 Å². The second kappa shape index (κ2) is 17.9. The van der Waals surface area contributed by atoms with Crippen LogP contribution in [0.4, 0.5) is 11.4 Å². The first-order valence-corrected chi connectivity index (χ1v) is 15.1. The molecular formula is C33H53N4O4+. The van der Waals surface area contributed by atoms with Crippen LogP contribution in [0.5, 0.6) is 0 Å². The quantitative estimate of drug-likeness (QED) is 0.182. The summed E-state index contributed by atoms with van der Waals surface area (Å²) in [5, 5.41) is 6.20. The highest BCUT2D eigenvalue weighted by Gasteiger charge is 2.27. The van der Waals surface area contributed by atoms with Crippen LogP contribution in [0.2, 0.25) is 0 Å².